The van der Waals surface area contributed by atoms with Crippen LogP contribution in [0.3, 0.4) is 0 Å². The van der Waals surface area contributed by atoms with Gasteiger partial charge in [0.2, 0.25) is 0 Å². The van der Waals surface area contributed by atoms with Gasteiger partial charge < -0.3 is 24.4 Å². The minimum atomic E-state index is -0.416. The number of alkyl carbamates (subject to hydrolysis) is 1. The van der Waals surface area contributed by atoms with E-state index in [1.54, 1.807) is 54.6 Å². The van der Waals surface area contributed by atoms with Crippen molar-refractivity contribution in [3.63, 3.8) is 0 Å². The molecule has 0 saturated carbocycles. The van der Waals surface area contributed by atoms with Crippen molar-refractivity contribution in [2.75, 3.05) is 19.7 Å². The van der Waals surface area contributed by atoms with Gasteiger partial charge in [-0.15, -0.1) is 0 Å². The number of nitrogens with one attached hydrogen (secondary N) is 1. The highest BCUT2D eigenvalue weighted by molar-refractivity contribution is 5.95. The molecule has 2 amide bonds. The average molecular weight is 595 g/mol. The summed E-state index contributed by atoms with van der Waals surface area (Å²) in [6.45, 7) is 7.69. The van der Waals surface area contributed by atoms with Gasteiger partial charge in [0.05, 0.1) is 29.9 Å². The second-order valence-electron chi connectivity index (χ2n) is 11.9. The molecule has 9 heteroatoms. The number of nitrogens with zero attached hydrogens (tertiary/aromatic N) is 3. The van der Waals surface area contributed by atoms with Crippen LogP contribution in [0.15, 0.2) is 66.7 Å². The van der Waals surface area contributed by atoms with Crippen LogP contribution < -0.4 is 14.8 Å². The standard InChI is InChI=1S/C35H38N4O5/c1-35(2,3)38-34(41)42-15-12-25-10-13-39(14-11-25)33(40)30-18-31(43-23-28-8-4-6-26(16-28)21-36)20-32(19-30)44-24-29-9-5-7-27(17-29)22-37/h4-9,16-20,25H,10-15,23-24H2,1-3H3,(H,38,41). The molecule has 1 aliphatic heterocycles. The minimum Gasteiger partial charge on any atom is -0.489 e. The van der Waals surface area contributed by atoms with Crippen molar-refractivity contribution in [3.8, 4) is 23.6 Å². The van der Waals surface area contributed by atoms with Gasteiger partial charge in [0.15, 0.2) is 0 Å². The lowest BCUT2D eigenvalue weighted by atomic mass is 9.93. The molecular weight excluding hydrogens is 556 g/mol. The number of benzene rings is 3. The monoisotopic (exact) mass is 594 g/mol. The largest absolute Gasteiger partial charge is 0.489 e. The molecule has 1 fully saturated rings. The number of nitriles is 2. The van der Waals surface area contributed by atoms with E-state index in [1.807, 2.05) is 37.8 Å². The Morgan fingerprint density at radius 2 is 1.41 bits per heavy atom. The first kappa shape index (κ1) is 31.9. The molecule has 228 valence electrons. The van der Waals surface area contributed by atoms with Gasteiger partial charge in [-0.05, 0) is 93.5 Å². The SMILES string of the molecule is CC(C)(C)NC(=O)OCCC1CCN(C(=O)c2cc(OCc3cccc(C#N)c3)cc(OCc3cccc(C#N)c3)c2)CC1. The van der Waals surface area contributed by atoms with Crippen molar-refractivity contribution in [1.29, 1.82) is 10.5 Å². The van der Waals surface area contributed by atoms with E-state index in [0.717, 1.165) is 30.4 Å². The lowest BCUT2D eigenvalue weighted by Crippen LogP contribution is -2.41. The van der Waals surface area contributed by atoms with Crippen molar-refractivity contribution in [2.45, 2.75) is 58.8 Å². The van der Waals surface area contributed by atoms with Crippen LogP contribution in [0.5, 0.6) is 11.5 Å². The van der Waals surface area contributed by atoms with Gasteiger partial charge in [0.25, 0.3) is 5.91 Å². The zero-order chi connectivity index (χ0) is 31.5. The van der Waals surface area contributed by atoms with Gasteiger partial charge in [0, 0.05) is 30.3 Å². The third-order valence-corrected chi connectivity index (χ3v) is 7.19. The molecule has 9 nitrogen and oxygen atoms in total. The normalized spacial score (nSPS) is 13.3. The number of piperidine rings is 1. The first-order chi connectivity index (χ1) is 21.1. The summed E-state index contributed by atoms with van der Waals surface area (Å²) in [6, 6.07) is 23.8. The summed E-state index contributed by atoms with van der Waals surface area (Å²) in [6.07, 6.45) is 1.97. The number of hydrogen-bond donors (Lipinski definition) is 1. The van der Waals surface area contributed by atoms with Crippen molar-refractivity contribution in [1.82, 2.24) is 10.2 Å². The molecule has 4 rings (SSSR count). The fourth-order valence-electron chi connectivity index (χ4n) is 4.92. The summed E-state index contributed by atoms with van der Waals surface area (Å²) >= 11 is 0. The Bertz CT molecular complexity index is 1460. The summed E-state index contributed by atoms with van der Waals surface area (Å²) in [5.74, 6) is 1.19. The Morgan fingerprint density at radius 3 is 1.91 bits per heavy atom. The van der Waals surface area contributed by atoms with Crippen molar-refractivity contribution < 1.29 is 23.8 Å². The first-order valence-corrected chi connectivity index (χ1v) is 14.7. The molecule has 0 bridgehead atoms. The topological polar surface area (TPSA) is 125 Å². The van der Waals surface area contributed by atoms with Crippen molar-refractivity contribution in [2.24, 2.45) is 5.92 Å². The van der Waals surface area contributed by atoms with Crippen LogP contribution in [-0.4, -0.2) is 42.1 Å². The van der Waals surface area contributed by atoms with Crippen LogP contribution in [0.4, 0.5) is 4.79 Å². The van der Waals surface area contributed by atoms with E-state index in [1.165, 1.54) is 0 Å². The smallest absolute Gasteiger partial charge is 0.407 e. The summed E-state index contributed by atoms with van der Waals surface area (Å²) < 4.78 is 17.5. The van der Waals surface area contributed by atoms with Gasteiger partial charge in [-0.1, -0.05) is 24.3 Å². The highest BCUT2D eigenvalue weighted by atomic mass is 16.5. The lowest BCUT2D eigenvalue weighted by molar-refractivity contribution is 0.0670. The Kier molecular flexibility index (Phi) is 10.8. The second kappa shape index (κ2) is 14.9. The second-order valence-corrected chi connectivity index (χ2v) is 11.9. The fraction of sp³-hybridized carbons (Fsp3) is 0.371. The Morgan fingerprint density at radius 1 is 0.864 bits per heavy atom. The van der Waals surface area contributed by atoms with Crippen LogP contribution in [0.1, 0.15) is 72.6 Å². The van der Waals surface area contributed by atoms with Gasteiger partial charge in [-0.25, -0.2) is 4.79 Å². The molecule has 0 radical (unpaired) electrons. The number of likely N-dealkylation sites (tertiary alicyclic amines) is 1. The van der Waals surface area contributed by atoms with E-state index in [-0.39, 0.29) is 24.7 Å². The van der Waals surface area contributed by atoms with Crippen molar-refractivity contribution >= 4 is 12.0 Å². The molecule has 3 aromatic rings. The van der Waals surface area contributed by atoms with Gasteiger partial charge in [0.1, 0.15) is 24.7 Å². The summed E-state index contributed by atoms with van der Waals surface area (Å²) in [5, 5.41) is 21.2. The van der Waals surface area contributed by atoms with E-state index in [0.29, 0.717) is 53.8 Å². The molecule has 1 aliphatic rings. The van der Waals surface area contributed by atoms with Gasteiger partial charge >= 0.3 is 6.09 Å². The van der Waals surface area contributed by atoms with E-state index in [4.69, 9.17) is 14.2 Å². The molecule has 1 heterocycles. The fourth-order valence-corrected chi connectivity index (χ4v) is 4.92. The van der Waals surface area contributed by atoms with Crippen molar-refractivity contribution in [3.05, 3.63) is 94.5 Å². The number of hydrogen-bond acceptors (Lipinski definition) is 7. The highest BCUT2D eigenvalue weighted by Gasteiger charge is 2.25. The third-order valence-electron chi connectivity index (χ3n) is 7.19. The maximum absolute atomic E-state index is 13.6. The third kappa shape index (κ3) is 9.78. The zero-order valence-electron chi connectivity index (χ0n) is 25.5. The highest BCUT2D eigenvalue weighted by Crippen LogP contribution is 2.28. The van der Waals surface area contributed by atoms with Crippen LogP contribution in [0.2, 0.25) is 0 Å². The predicted octanol–water partition coefficient (Wildman–Crippen LogP) is 6.35. The number of carbonyl (C=O) groups is 2. The molecule has 0 spiro atoms. The molecule has 0 atom stereocenters. The molecule has 0 aromatic heterocycles. The molecule has 0 unspecified atom stereocenters. The van der Waals surface area contributed by atoms with Crippen LogP contribution in [0.25, 0.3) is 0 Å². The minimum absolute atomic E-state index is 0.113. The van der Waals surface area contributed by atoms with E-state index >= 15 is 0 Å². The first-order valence-electron chi connectivity index (χ1n) is 14.7. The Balaban J connectivity index is 1.41. The van der Waals surface area contributed by atoms with E-state index in [9.17, 15) is 20.1 Å². The number of ether oxygens (including phenoxy) is 3. The quantitative estimate of drug-likeness (QED) is 0.290. The van der Waals surface area contributed by atoms with Crippen LogP contribution in [0, 0.1) is 28.6 Å². The van der Waals surface area contributed by atoms with E-state index < -0.39 is 6.09 Å². The Labute approximate surface area is 259 Å². The summed E-state index contributed by atoms with van der Waals surface area (Å²) in [5.41, 5.74) is 2.86. The number of rotatable bonds is 10. The van der Waals surface area contributed by atoms with Crippen LogP contribution >= 0.6 is 0 Å². The maximum atomic E-state index is 13.6. The molecule has 3 aromatic carbocycles. The van der Waals surface area contributed by atoms with Gasteiger partial charge in [-0.3, -0.25) is 4.79 Å². The molecular formula is C35H38N4O5. The molecule has 0 aliphatic carbocycles. The number of amides is 2. The molecule has 44 heavy (non-hydrogen) atoms. The molecule has 1 saturated heterocycles. The number of carbonyl (C=O) groups excluding carboxylic acids is 2. The molecule has 1 N–H and O–H groups in total. The predicted molar refractivity (Wildman–Crippen MR) is 165 cm³/mol. The Hall–Kier alpha value is -5.02. The zero-order valence-corrected chi connectivity index (χ0v) is 25.5. The van der Waals surface area contributed by atoms with Crippen LogP contribution in [-0.2, 0) is 18.0 Å². The lowest BCUT2D eigenvalue weighted by Gasteiger charge is -2.32. The maximum Gasteiger partial charge on any atom is 0.407 e. The average Bonchev–Trinajstić information content (AvgIpc) is 3.02. The van der Waals surface area contributed by atoms with E-state index in [2.05, 4.69) is 17.5 Å². The summed E-state index contributed by atoms with van der Waals surface area (Å²) in [4.78, 5) is 27.4. The van der Waals surface area contributed by atoms with Gasteiger partial charge in [-0.2, -0.15) is 10.5 Å². The summed E-state index contributed by atoms with van der Waals surface area (Å²) in [7, 11) is 0.